The van der Waals surface area contributed by atoms with E-state index in [0.717, 1.165) is 28.6 Å². The summed E-state index contributed by atoms with van der Waals surface area (Å²) in [7, 11) is -2.12. The number of fused-ring (bicyclic) bond motifs is 1. The van der Waals surface area contributed by atoms with Crippen LogP contribution in [0, 0.1) is 0 Å². The highest BCUT2D eigenvalue weighted by atomic mass is 35.5. The fraction of sp³-hybridized carbons (Fsp3) is 0.214. The van der Waals surface area contributed by atoms with Gasteiger partial charge in [-0.1, -0.05) is 74.0 Å². The molecule has 1 N–H and O–H groups in total. The van der Waals surface area contributed by atoms with Crippen molar-refractivity contribution < 1.29 is 22.7 Å². The number of halogens is 1. The molecule has 1 aliphatic heterocycles. The van der Waals surface area contributed by atoms with Gasteiger partial charge in [0.25, 0.3) is 0 Å². The molecular weight excluding hydrogens is 512 g/mol. The minimum atomic E-state index is -4.01. The number of carbonyl (C=O) groups is 2. The second-order valence-electron chi connectivity index (χ2n) is 9.23. The molecule has 0 spiro atoms. The van der Waals surface area contributed by atoms with Crippen molar-refractivity contribution in [2.45, 2.75) is 30.7 Å². The van der Waals surface area contributed by atoms with Crippen molar-refractivity contribution in [2.75, 3.05) is 18.6 Å². The summed E-state index contributed by atoms with van der Waals surface area (Å²) in [5, 5.41) is -0.0380. The number of rotatable bonds is 8. The Hall–Kier alpha value is -3.46. The number of ether oxygens (including phenoxy) is 1. The second-order valence-corrected chi connectivity index (χ2v) is 11.4. The van der Waals surface area contributed by atoms with Gasteiger partial charge in [-0.05, 0) is 35.4 Å². The number of likely N-dealkylation sites (N-methyl/N-ethyl adjacent to an activating group) is 1. The highest BCUT2D eigenvalue weighted by molar-refractivity contribution is 7.89. The van der Waals surface area contributed by atoms with Gasteiger partial charge in [0.1, 0.15) is 4.90 Å². The van der Waals surface area contributed by atoms with E-state index in [4.69, 9.17) is 16.3 Å². The van der Waals surface area contributed by atoms with Crippen LogP contribution in [0.1, 0.15) is 35.3 Å². The van der Waals surface area contributed by atoms with Crippen molar-refractivity contribution in [3.05, 3.63) is 106 Å². The number of nitrogens with zero attached hydrogens (tertiary/aromatic N) is 1. The number of hydrogen-bond donors (Lipinski definition) is 1. The molecule has 37 heavy (non-hydrogen) atoms. The SMILES string of the molecule is CN1/C(=C\C(=O)COC(=O)c2ccc(Cl)c(S(=O)(=O)NCc3ccccc3)c2)C(C)(C)c2ccccc21. The van der Waals surface area contributed by atoms with Gasteiger partial charge in [0, 0.05) is 36.5 Å². The average molecular weight is 539 g/mol. The van der Waals surface area contributed by atoms with Gasteiger partial charge in [-0.15, -0.1) is 0 Å². The number of para-hydroxylation sites is 1. The van der Waals surface area contributed by atoms with Crippen LogP contribution in [0.2, 0.25) is 5.02 Å². The molecule has 0 bridgehead atoms. The molecule has 0 radical (unpaired) electrons. The van der Waals surface area contributed by atoms with Crippen molar-refractivity contribution in [3.8, 4) is 0 Å². The highest BCUT2D eigenvalue weighted by Crippen LogP contribution is 2.46. The molecule has 0 saturated carbocycles. The van der Waals surface area contributed by atoms with Gasteiger partial charge in [0.05, 0.1) is 10.6 Å². The average Bonchev–Trinajstić information content (AvgIpc) is 3.07. The van der Waals surface area contributed by atoms with Crippen LogP contribution >= 0.6 is 11.6 Å². The number of allylic oxidation sites excluding steroid dienone is 1. The molecule has 3 aromatic carbocycles. The van der Waals surface area contributed by atoms with Crippen LogP contribution in [0.5, 0.6) is 0 Å². The maximum absolute atomic E-state index is 12.8. The summed E-state index contributed by atoms with van der Waals surface area (Å²) < 4.78 is 33.3. The first-order chi connectivity index (χ1) is 17.5. The monoisotopic (exact) mass is 538 g/mol. The van der Waals surface area contributed by atoms with Crippen molar-refractivity contribution >= 4 is 39.1 Å². The van der Waals surface area contributed by atoms with Crippen molar-refractivity contribution in [3.63, 3.8) is 0 Å². The Labute approximate surface area is 221 Å². The summed E-state index contributed by atoms with van der Waals surface area (Å²) >= 11 is 6.13. The van der Waals surface area contributed by atoms with E-state index in [1.165, 1.54) is 18.2 Å². The molecule has 0 aromatic heterocycles. The van der Waals surface area contributed by atoms with Gasteiger partial charge >= 0.3 is 5.97 Å². The minimum absolute atomic E-state index is 0.0318. The second kappa shape index (κ2) is 10.5. The summed E-state index contributed by atoms with van der Waals surface area (Å²) in [6.45, 7) is 3.63. The van der Waals surface area contributed by atoms with Crippen LogP contribution < -0.4 is 9.62 Å². The van der Waals surface area contributed by atoms with E-state index in [1.54, 1.807) is 24.3 Å². The molecule has 1 aliphatic rings. The van der Waals surface area contributed by atoms with Gasteiger partial charge in [-0.3, -0.25) is 4.79 Å². The van der Waals surface area contributed by atoms with E-state index < -0.39 is 28.0 Å². The first kappa shape index (κ1) is 26.6. The number of esters is 1. The van der Waals surface area contributed by atoms with Gasteiger partial charge in [-0.25, -0.2) is 17.9 Å². The number of ketones is 1. The van der Waals surface area contributed by atoms with E-state index in [2.05, 4.69) is 4.72 Å². The molecule has 7 nitrogen and oxygen atoms in total. The summed E-state index contributed by atoms with van der Waals surface area (Å²) in [5.74, 6) is -1.22. The molecule has 9 heteroatoms. The van der Waals surface area contributed by atoms with Gasteiger partial charge < -0.3 is 9.64 Å². The number of carbonyl (C=O) groups excluding carboxylic acids is 2. The predicted octanol–water partition coefficient (Wildman–Crippen LogP) is 4.86. The van der Waals surface area contributed by atoms with Crippen LogP contribution in [-0.4, -0.2) is 33.8 Å². The van der Waals surface area contributed by atoms with E-state index in [9.17, 15) is 18.0 Å². The zero-order valence-corrected chi connectivity index (χ0v) is 22.3. The number of hydrogen-bond acceptors (Lipinski definition) is 6. The standard InChI is InChI=1S/C28H27ClN2O5S/c1-28(2)22-11-7-8-12-24(22)31(3)26(28)16-21(32)18-36-27(33)20-13-14-23(29)25(15-20)37(34,35)30-17-19-9-5-4-6-10-19/h4-16,30H,17-18H2,1-3H3/b26-16-. The van der Waals surface area contributed by atoms with Gasteiger partial charge in [0.15, 0.2) is 12.4 Å². The molecule has 1 heterocycles. The molecule has 0 saturated heterocycles. The Morgan fingerprint density at radius 2 is 1.70 bits per heavy atom. The molecule has 0 unspecified atom stereocenters. The molecule has 192 valence electrons. The zero-order valence-electron chi connectivity index (χ0n) is 20.7. The Balaban J connectivity index is 1.44. The third-order valence-corrected chi connectivity index (χ3v) is 8.23. The Kier molecular flexibility index (Phi) is 7.54. The maximum Gasteiger partial charge on any atom is 0.338 e. The van der Waals surface area contributed by atoms with Crippen LogP contribution in [0.25, 0.3) is 0 Å². The Morgan fingerprint density at radius 1 is 1.03 bits per heavy atom. The van der Waals surface area contributed by atoms with E-state index >= 15 is 0 Å². The third-order valence-electron chi connectivity index (χ3n) is 6.35. The summed E-state index contributed by atoms with van der Waals surface area (Å²) in [6, 6.07) is 20.7. The van der Waals surface area contributed by atoms with E-state index in [0.29, 0.717) is 0 Å². The predicted molar refractivity (Wildman–Crippen MR) is 143 cm³/mol. The van der Waals surface area contributed by atoms with Crippen molar-refractivity contribution in [1.29, 1.82) is 0 Å². The van der Waals surface area contributed by atoms with E-state index in [-0.39, 0.29) is 27.8 Å². The normalized spacial score (nSPS) is 15.5. The zero-order chi connectivity index (χ0) is 26.8. The molecule has 4 rings (SSSR count). The fourth-order valence-electron chi connectivity index (χ4n) is 4.36. The van der Waals surface area contributed by atoms with E-state index in [1.807, 2.05) is 56.1 Å². The van der Waals surface area contributed by atoms with Gasteiger partial charge in [0.2, 0.25) is 10.0 Å². The topological polar surface area (TPSA) is 92.8 Å². The molecule has 0 fully saturated rings. The Morgan fingerprint density at radius 3 is 2.41 bits per heavy atom. The molecule has 3 aromatic rings. The lowest BCUT2D eigenvalue weighted by Gasteiger charge is -2.23. The highest BCUT2D eigenvalue weighted by Gasteiger charge is 2.38. The fourth-order valence-corrected chi connectivity index (χ4v) is 5.90. The van der Waals surface area contributed by atoms with Gasteiger partial charge in [-0.2, -0.15) is 0 Å². The third kappa shape index (κ3) is 5.61. The quantitative estimate of drug-likeness (QED) is 0.325. The number of anilines is 1. The lowest BCUT2D eigenvalue weighted by Crippen LogP contribution is -2.25. The summed E-state index contributed by atoms with van der Waals surface area (Å²) in [4.78, 5) is 27.1. The largest absolute Gasteiger partial charge is 0.454 e. The van der Waals surface area contributed by atoms with Crippen molar-refractivity contribution in [1.82, 2.24) is 4.72 Å². The lowest BCUT2D eigenvalue weighted by molar-refractivity contribution is -0.117. The molecule has 0 atom stereocenters. The molecule has 0 aliphatic carbocycles. The summed E-state index contributed by atoms with van der Waals surface area (Å²) in [5.41, 5.74) is 3.25. The minimum Gasteiger partial charge on any atom is -0.454 e. The smallest absolute Gasteiger partial charge is 0.338 e. The number of benzene rings is 3. The van der Waals surface area contributed by atoms with Crippen LogP contribution in [0.15, 0.2) is 89.5 Å². The van der Waals surface area contributed by atoms with Crippen LogP contribution in [-0.2, 0) is 31.5 Å². The molecule has 0 amide bonds. The molecular formula is C28H27ClN2O5S. The first-order valence-electron chi connectivity index (χ1n) is 11.6. The number of nitrogens with one attached hydrogen (secondary N) is 1. The first-order valence-corrected chi connectivity index (χ1v) is 13.5. The summed E-state index contributed by atoms with van der Waals surface area (Å²) in [6.07, 6.45) is 1.48. The number of sulfonamides is 1. The maximum atomic E-state index is 12.8. The lowest BCUT2D eigenvalue weighted by atomic mass is 9.83. The van der Waals surface area contributed by atoms with Crippen LogP contribution in [0.4, 0.5) is 5.69 Å². The van der Waals surface area contributed by atoms with Crippen LogP contribution in [0.3, 0.4) is 0 Å². The van der Waals surface area contributed by atoms with Crippen molar-refractivity contribution in [2.24, 2.45) is 0 Å². The Bertz CT molecular complexity index is 1480.